The van der Waals surface area contributed by atoms with Crippen molar-refractivity contribution in [2.45, 2.75) is 51.5 Å². The van der Waals surface area contributed by atoms with Crippen LogP contribution in [0.5, 0.6) is 0 Å². The standard InChI is InChI=1S/C17H22ClFN2/c1-12-3-2-4-14(7-5-12)21-16-11-13(19)6-8-15(16)20-17(21)9-10-18/h6,8,11-12,14H,2-5,7,9-10H2,1H3. The molecule has 1 aliphatic carbocycles. The number of imidazole rings is 1. The van der Waals surface area contributed by atoms with Gasteiger partial charge in [0.1, 0.15) is 11.6 Å². The molecule has 0 N–H and O–H groups in total. The molecule has 2 aromatic rings. The fourth-order valence-corrected chi connectivity index (χ4v) is 3.68. The molecule has 0 radical (unpaired) electrons. The third kappa shape index (κ3) is 3.08. The summed E-state index contributed by atoms with van der Waals surface area (Å²) in [5.74, 6) is 2.15. The second-order valence-electron chi connectivity index (χ2n) is 6.24. The van der Waals surface area contributed by atoms with Crippen LogP contribution in [0.15, 0.2) is 18.2 Å². The Bertz CT molecular complexity index is 623. The van der Waals surface area contributed by atoms with E-state index in [1.54, 1.807) is 12.1 Å². The minimum Gasteiger partial charge on any atom is -0.325 e. The lowest BCUT2D eigenvalue weighted by atomic mass is 10.0. The fraction of sp³-hybridized carbons (Fsp3) is 0.588. The Morgan fingerprint density at radius 2 is 2.14 bits per heavy atom. The second-order valence-corrected chi connectivity index (χ2v) is 6.62. The van der Waals surface area contributed by atoms with Gasteiger partial charge in [0.15, 0.2) is 0 Å². The highest BCUT2D eigenvalue weighted by atomic mass is 35.5. The van der Waals surface area contributed by atoms with Gasteiger partial charge in [-0.1, -0.05) is 19.8 Å². The van der Waals surface area contributed by atoms with Crippen molar-refractivity contribution in [3.05, 3.63) is 29.8 Å². The van der Waals surface area contributed by atoms with Crippen LogP contribution in [0.2, 0.25) is 0 Å². The molecule has 1 aromatic heterocycles. The van der Waals surface area contributed by atoms with Crippen molar-refractivity contribution < 1.29 is 4.39 Å². The maximum absolute atomic E-state index is 13.7. The molecular formula is C17H22ClFN2. The van der Waals surface area contributed by atoms with Gasteiger partial charge in [-0.2, -0.15) is 0 Å². The van der Waals surface area contributed by atoms with Crippen molar-refractivity contribution in [3.63, 3.8) is 0 Å². The highest BCUT2D eigenvalue weighted by Gasteiger charge is 2.22. The highest BCUT2D eigenvalue weighted by molar-refractivity contribution is 6.17. The zero-order chi connectivity index (χ0) is 14.8. The fourth-order valence-electron chi connectivity index (χ4n) is 3.51. The molecule has 0 saturated heterocycles. The Morgan fingerprint density at radius 1 is 1.29 bits per heavy atom. The lowest BCUT2D eigenvalue weighted by Gasteiger charge is -2.20. The zero-order valence-electron chi connectivity index (χ0n) is 12.5. The lowest BCUT2D eigenvalue weighted by molar-refractivity contribution is 0.430. The summed E-state index contributed by atoms with van der Waals surface area (Å²) in [6.07, 6.45) is 6.81. The summed E-state index contributed by atoms with van der Waals surface area (Å²) in [7, 11) is 0. The first-order valence-electron chi connectivity index (χ1n) is 7.91. The summed E-state index contributed by atoms with van der Waals surface area (Å²) in [6, 6.07) is 5.31. The quantitative estimate of drug-likeness (QED) is 0.570. The van der Waals surface area contributed by atoms with Crippen molar-refractivity contribution in [3.8, 4) is 0 Å². The van der Waals surface area contributed by atoms with Gasteiger partial charge in [0.05, 0.1) is 11.0 Å². The van der Waals surface area contributed by atoms with Gasteiger partial charge in [-0.3, -0.25) is 0 Å². The molecule has 3 rings (SSSR count). The maximum atomic E-state index is 13.7. The Morgan fingerprint density at radius 3 is 2.95 bits per heavy atom. The SMILES string of the molecule is CC1CCCC(n2c(CCCl)nc3ccc(F)cc32)CC1. The van der Waals surface area contributed by atoms with Crippen molar-refractivity contribution in [1.29, 1.82) is 0 Å². The predicted octanol–water partition coefficient (Wildman–Crippen LogP) is 5.10. The molecule has 2 atom stereocenters. The van der Waals surface area contributed by atoms with Crippen LogP contribution in [0.25, 0.3) is 11.0 Å². The van der Waals surface area contributed by atoms with Gasteiger partial charge >= 0.3 is 0 Å². The molecule has 4 heteroatoms. The van der Waals surface area contributed by atoms with Crippen molar-refractivity contribution in [2.75, 3.05) is 5.88 Å². The number of aryl methyl sites for hydroxylation is 1. The summed E-state index contributed by atoms with van der Waals surface area (Å²) in [6.45, 7) is 2.33. The Hall–Kier alpha value is -1.09. The number of halogens is 2. The Labute approximate surface area is 130 Å². The van der Waals surface area contributed by atoms with Crippen molar-refractivity contribution >= 4 is 22.6 Å². The van der Waals surface area contributed by atoms with Crippen LogP contribution < -0.4 is 0 Å². The summed E-state index contributed by atoms with van der Waals surface area (Å²) in [5, 5.41) is 0. The minimum absolute atomic E-state index is 0.192. The number of alkyl halides is 1. The van der Waals surface area contributed by atoms with Gasteiger partial charge in [0.2, 0.25) is 0 Å². The highest BCUT2D eigenvalue weighted by Crippen LogP contribution is 2.34. The molecule has 0 amide bonds. The van der Waals surface area contributed by atoms with Crippen LogP contribution in [0.4, 0.5) is 4.39 Å². The van der Waals surface area contributed by atoms with E-state index in [1.807, 2.05) is 0 Å². The zero-order valence-corrected chi connectivity index (χ0v) is 13.2. The molecule has 21 heavy (non-hydrogen) atoms. The molecule has 1 fully saturated rings. The van der Waals surface area contributed by atoms with E-state index >= 15 is 0 Å². The summed E-state index contributed by atoms with van der Waals surface area (Å²) in [4.78, 5) is 4.68. The van der Waals surface area contributed by atoms with E-state index in [0.717, 1.165) is 42.0 Å². The van der Waals surface area contributed by atoms with Gasteiger partial charge in [-0.15, -0.1) is 11.6 Å². The smallest absolute Gasteiger partial charge is 0.125 e. The van der Waals surface area contributed by atoms with Crippen LogP contribution in [0.1, 0.15) is 50.9 Å². The second kappa shape index (κ2) is 6.35. The average molecular weight is 309 g/mol. The van der Waals surface area contributed by atoms with Crippen molar-refractivity contribution in [1.82, 2.24) is 9.55 Å². The number of benzene rings is 1. The van der Waals surface area contributed by atoms with E-state index in [0.29, 0.717) is 11.9 Å². The molecular weight excluding hydrogens is 287 g/mol. The lowest BCUT2D eigenvalue weighted by Crippen LogP contribution is -2.12. The Balaban J connectivity index is 2.05. The van der Waals surface area contributed by atoms with Crippen LogP contribution in [-0.2, 0) is 6.42 Å². The first-order chi connectivity index (χ1) is 10.2. The van der Waals surface area contributed by atoms with Gasteiger partial charge < -0.3 is 4.57 Å². The summed E-state index contributed by atoms with van der Waals surface area (Å²) >= 11 is 5.93. The molecule has 2 nitrogen and oxygen atoms in total. The van der Waals surface area contributed by atoms with Crippen LogP contribution in [0.3, 0.4) is 0 Å². The molecule has 2 unspecified atom stereocenters. The van der Waals surface area contributed by atoms with E-state index in [4.69, 9.17) is 11.6 Å². The van der Waals surface area contributed by atoms with Gasteiger partial charge in [-0.05, 0) is 43.4 Å². The van der Waals surface area contributed by atoms with Gasteiger partial charge in [0, 0.05) is 18.3 Å². The molecule has 114 valence electrons. The third-order valence-corrected chi connectivity index (χ3v) is 4.82. The van der Waals surface area contributed by atoms with Crippen molar-refractivity contribution in [2.24, 2.45) is 5.92 Å². The summed E-state index contributed by atoms with van der Waals surface area (Å²) in [5.41, 5.74) is 1.81. The normalized spacial score (nSPS) is 23.4. The molecule has 0 bridgehead atoms. The van der Waals surface area contributed by atoms with E-state index in [2.05, 4.69) is 16.5 Å². The molecule has 1 aromatic carbocycles. The van der Waals surface area contributed by atoms with E-state index in [-0.39, 0.29) is 5.82 Å². The van der Waals surface area contributed by atoms with Gasteiger partial charge in [0.25, 0.3) is 0 Å². The number of rotatable bonds is 3. The minimum atomic E-state index is -0.192. The third-order valence-electron chi connectivity index (χ3n) is 4.63. The first kappa shape index (κ1) is 14.8. The number of nitrogens with zero attached hydrogens (tertiary/aromatic N) is 2. The Kier molecular flexibility index (Phi) is 4.48. The van der Waals surface area contributed by atoms with E-state index in [1.165, 1.54) is 25.3 Å². The predicted molar refractivity (Wildman–Crippen MR) is 85.4 cm³/mol. The van der Waals surface area contributed by atoms with Crippen LogP contribution in [0, 0.1) is 11.7 Å². The average Bonchev–Trinajstić information content (AvgIpc) is 2.66. The largest absolute Gasteiger partial charge is 0.325 e. The molecule has 1 heterocycles. The topological polar surface area (TPSA) is 17.8 Å². The molecule has 0 aliphatic heterocycles. The first-order valence-corrected chi connectivity index (χ1v) is 8.45. The molecule has 0 spiro atoms. The maximum Gasteiger partial charge on any atom is 0.125 e. The van der Waals surface area contributed by atoms with Crippen LogP contribution >= 0.6 is 11.6 Å². The number of hydrogen-bond donors (Lipinski definition) is 0. The number of aromatic nitrogens is 2. The molecule has 1 saturated carbocycles. The summed E-state index contributed by atoms with van der Waals surface area (Å²) < 4.78 is 15.9. The van der Waals surface area contributed by atoms with E-state index in [9.17, 15) is 4.39 Å². The number of fused-ring (bicyclic) bond motifs is 1. The number of hydrogen-bond acceptors (Lipinski definition) is 1. The molecule has 1 aliphatic rings. The van der Waals surface area contributed by atoms with E-state index < -0.39 is 0 Å². The monoisotopic (exact) mass is 308 g/mol. The van der Waals surface area contributed by atoms with Gasteiger partial charge in [-0.25, -0.2) is 9.37 Å². The van der Waals surface area contributed by atoms with Crippen LogP contribution in [-0.4, -0.2) is 15.4 Å².